The van der Waals surface area contributed by atoms with Crippen LogP contribution in [0.3, 0.4) is 0 Å². The number of nitrogens with zero attached hydrogens (tertiary/aromatic N) is 3. The highest BCUT2D eigenvalue weighted by Crippen LogP contribution is 2.54. The first-order chi connectivity index (χ1) is 13.4. The van der Waals surface area contributed by atoms with Crippen molar-refractivity contribution in [2.75, 3.05) is 26.2 Å². The number of aromatic nitrogens is 2. The fraction of sp³-hybridized carbons (Fsp3) is 0.571. The van der Waals surface area contributed by atoms with Gasteiger partial charge in [0, 0.05) is 42.5 Å². The maximum Gasteiger partial charge on any atom is 0.226 e. The Balaban J connectivity index is 1.26. The van der Waals surface area contributed by atoms with Gasteiger partial charge in [-0.3, -0.25) is 4.79 Å². The van der Waals surface area contributed by atoms with E-state index in [1.165, 1.54) is 0 Å². The lowest BCUT2D eigenvalue weighted by molar-refractivity contribution is -0.145. The summed E-state index contributed by atoms with van der Waals surface area (Å²) in [7, 11) is 0. The highest BCUT2D eigenvalue weighted by atomic mass is 35.5. The lowest BCUT2D eigenvalue weighted by Gasteiger charge is -2.50. The summed E-state index contributed by atoms with van der Waals surface area (Å²) in [5.41, 5.74) is 1.29. The third-order valence-electron chi connectivity index (χ3n) is 6.75. The molecule has 2 saturated heterocycles. The molecule has 3 aliphatic rings. The average molecular weight is 401 g/mol. The van der Waals surface area contributed by atoms with Crippen LogP contribution in [-0.2, 0) is 11.2 Å². The number of carbonyl (C=O) groups excluding carboxylic acids is 1. The van der Waals surface area contributed by atoms with E-state index in [0.29, 0.717) is 29.1 Å². The Morgan fingerprint density at radius 1 is 1.29 bits per heavy atom. The molecule has 0 bridgehead atoms. The van der Waals surface area contributed by atoms with Crippen molar-refractivity contribution in [3.63, 3.8) is 0 Å². The fourth-order valence-electron chi connectivity index (χ4n) is 4.72. The van der Waals surface area contributed by atoms with Crippen molar-refractivity contribution in [3.05, 3.63) is 46.6 Å². The number of halogens is 1. The van der Waals surface area contributed by atoms with Gasteiger partial charge in [0.05, 0.1) is 12.3 Å². The van der Waals surface area contributed by atoms with E-state index in [9.17, 15) is 4.79 Å². The van der Waals surface area contributed by atoms with E-state index in [2.05, 4.69) is 29.4 Å². The van der Waals surface area contributed by atoms with Crippen LogP contribution >= 0.6 is 11.6 Å². The summed E-state index contributed by atoms with van der Waals surface area (Å²) in [6.07, 6.45) is 1.60. The predicted octanol–water partition coefficient (Wildman–Crippen LogP) is 2.88. The number of hydrogen-bond acceptors (Lipinski definition) is 5. The van der Waals surface area contributed by atoms with E-state index in [1.54, 1.807) is 0 Å². The number of likely N-dealkylation sites (tertiary alicyclic amines) is 1. The smallest absolute Gasteiger partial charge is 0.226 e. The summed E-state index contributed by atoms with van der Waals surface area (Å²) < 4.78 is 6.02. The molecule has 6 nitrogen and oxygen atoms in total. The molecule has 0 radical (unpaired) electrons. The van der Waals surface area contributed by atoms with Crippen LogP contribution in [0.4, 0.5) is 0 Å². The molecule has 1 unspecified atom stereocenters. The number of amides is 1. The van der Waals surface area contributed by atoms with Gasteiger partial charge in [-0.1, -0.05) is 37.6 Å². The van der Waals surface area contributed by atoms with E-state index >= 15 is 0 Å². The van der Waals surface area contributed by atoms with Crippen LogP contribution in [0.5, 0.6) is 0 Å². The van der Waals surface area contributed by atoms with Gasteiger partial charge >= 0.3 is 0 Å². The molecule has 3 fully saturated rings. The summed E-state index contributed by atoms with van der Waals surface area (Å²) in [6, 6.07) is 7.68. The quantitative estimate of drug-likeness (QED) is 0.854. The van der Waals surface area contributed by atoms with Gasteiger partial charge in [0.15, 0.2) is 0 Å². The van der Waals surface area contributed by atoms with Gasteiger partial charge in [-0.15, -0.1) is 10.2 Å². The highest BCUT2D eigenvalue weighted by Gasteiger charge is 2.59. The van der Waals surface area contributed by atoms with Crippen LogP contribution in [0.25, 0.3) is 0 Å². The molecule has 1 amide bonds. The van der Waals surface area contributed by atoms with E-state index in [4.69, 9.17) is 16.0 Å². The molecular formula is C21H25ClN4O2. The first-order valence-electron chi connectivity index (χ1n) is 9.93. The first-order valence-corrected chi connectivity index (χ1v) is 10.3. The van der Waals surface area contributed by atoms with Crippen molar-refractivity contribution in [2.24, 2.45) is 16.7 Å². The summed E-state index contributed by atoms with van der Waals surface area (Å²) in [5.74, 6) is 1.98. The van der Waals surface area contributed by atoms with Crippen LogP contribution in [0.2, 0.25) is 5.02 Å². The molecule has 3 heterocycles. The minimum Gasteiger partial charge on any atom is -0.425 e. The minimum absolute atomic E-state index is 0.0266. The molecular weight excluding hydrogens is 376 g/mol. The lowest BCUT2D eigenvalue weighted by Crippen LogP contribution is -2.62. The number of nitrogens with one attached hydrogen (secondary N) is 1. The molecule has 1 aliphatic carbocycles. The molecule has 7 heteroatoms. The molecule has 1 aromatic carbocycles. The second kappa shape index (κ2) is 6.29. The third kappa shape index (κ3) is 3.03. The second-order valence-electron chi connectivity index (χ2n) is 9.32. The van der Waals surface area contributed by atoms with Gasteiger partial charge in [-0.25, -0.2) is 0 Å². The van der Waals surface area contributed by atoms with Gasteiger partial charge < -0.3 is 14.6 Å². The third-order valence-corrected chi connectivity index (χ3v) is 7.00. The average Bonchev–Trinajstić information content (AvgIpc) is 3.01. The molecule has 2 aliphatic heterocycles. The molecule has 2 atom stereocenters. The zero-order valence-corrected chi connectivity index (χ0v) is 17.0. The van der Waals surface area contributed by atoms with E-state index in [1.807, 2.05) is 29.2 Å². The van der Waals surface area contributed by atoms with Gasteiger partial charge in [-0.05, 0) is 29.5 Å². The molecule has 1 aromatic heterocycles. The molecule has 1 saturated carbocycles. The maximum atomic E-state index is 12.7. The van der Waals surface area contributed by atoms with Gasteiger partial charge in [0.2, 0.25) is 17.7 Å². The minimum atomic E-state index is 0.0266. The summed E-state index contributed by atoms with van der Waals surface area (Å²) >= 11 is 5.95. The van der Waals surface area contributed by atoms with E-state index in [-0.39, 0.29) is 22.7 Å². The van der Waals surface area contributed by atoms with Crippen molar-refractivity contribution in [3.8, 4) is 0 Å². The zero-order valence-electron chi connectivity index (χ0n) is 16.2. The van der Waals surface area contributed by atoms with Crippen molar-refractivity contribution < 1.29 is 9.21 Å². The molecule has 5 rings (SSSR count). The monoisotopic (exact) mass is 400 g/mol. The highest BCUT2D eigenvalue weighted by molar-refractivity contribution is 6.30. The van der Waals surface area contributed by atoms with E-state index in [0.717, 1.165) is 38.2 Å². The molecule has 2 aromatic rings. The van der Waals surface area contributed by atoms with Crippen LogP contribution in [-0.4, -0.2) is 47.2 Å². The van der Waals surface area contributed by atoms with E-state index < -0.39 is 0 Å². The molecule has 28 heavy (non-hydrogen) atoms. The van der Waals surface area contributed by atoms with Crippen molar-refractivity contribution in [2.45, 2.75) is 32.6 Å². The SMILES string of the molecule is CC1(C)C[C@@H]1C(=O)N1CC2(CNCC2c2nnc(Cc3ccc(Cl)cc3)o2)C1. The summed E-state index contributed by atoms with van der Waals surface area (Å²) in [6.45, 7) is 7.62. The Bertz CT molecular complexity index is 901. The molecule has 148 valence electrons. The van der Waals surface area contributed by atoms with Crippen molar-refractivity contribution in [1.82, 2.24) is 20.4 Å². The predicted molar refractivity (Wildman–Crippen MR) is 105 cm³/mol. The van der Waals surface area contributed by atoms with Gasteiger partial charge in [0.25, 0.3) is 0 Å². The normalized spacial score (nSPS) is 27.0. The molecule has 1 spiro atoms. The van der Waals surface area contributed by atoms with Crippen LogP contribution in [0.15, 0.2) is 28.7 Å². The number of rotatable bonds is 4. The Morgan fingerprint density at radius 3 is 2.68 bits per heavy atom. The lowest BCUT2D eigenvalue weighted by atomic mass is 9.71. The van der Waals surface area contributed by atoms with Gasteiger partial charge in [-0.2, -0.15) is 0 Å². The van der Waals surface area contributed by atoms with Crippen molar-refractivity contribution in [1.29, 1.82) is 0 Å². The Kier molecular flexibility index (Phi) is 4.07. The van der Waals surface area contributed by atoms with Gasteiger partial charge in [0.1, 0.15) is 0 Å². The van der Waals surface area contributed by atoms with Crippen LogP contribution in [0.1, 0.15) is 43.5 Å². The Hall–Kier alpha value is -1.92. The van der Waals surface area contributed by atoms with Crippen molar-refractivity contribution >= 4 is 17.5 Å². The molecule has 1 N–H and O–H groups in total. The topological polar surface area (TPSA) is 71.3 Å². The second-order valence-corrected chi connectivity index (χ2v) is 9.76. The standard InChI is InChI=1S/C21H25ClN4O2/c1-20(2)8-15(20)19(27)26-11-21(12-26)10-23-9-16(21)18-25-24-17(28-18)7-13-3-5-14(22)6-4-13/h3-6,15-16,23H,7-12H2,1-2H3/t15-,16?/m1/s1. The maximum absolute atomic E-state index is 12.7. The Morgan fingerprint density at radius 2 is 2.00 bits per heavy atom. The first kappa shape index (κ1) is 18.1. The number of carbonyl (C=O) groups is 1. The largest absolute Gasteiger partial charge is 0.425 e. The van der Waals surface area contributed by atoms with Crippen LogP contribution < -0.4 is 5.32 Å². The van der Waals surface area contributed by atoms with Crippen LogP contribution in [0, 0.1) is 16.7 Å². The zero-order chi connectivity index (χ0) is 19.5. The fourth-order valence-corrected chi connectivity index (χ4v) is 4.85. The number of hydrogen-bond donors (Lipinski definition) is 1. The number of benzene rings is 1. The Labute approximate surface area is 169 Å². The summed E-state index contributed by atoms with van der Waals surface area (Å²) in [4.78, 5) is 14.7. The summed E-state index contributed by atoms with van der Waals surface area (Å²) in [5, 5.41) is 12.8.